The van der Waals surface area contributed by atoms with Crippen molar-refractivity contribution in [1.29, 1.82) is 0 Å². The summed E-state index contributed by atoms with van der Waals surface area (Å²) in [5.41, 5.74) is 9.90. The van der Waals surface area contributed by atoms with Crippen molar-refractivity contribution < 1.29 is 14.3 Å². The van der Waals surface area contributed by atoms with Crippen LogP contribution in [0.25, 0.3) is 21.3 Å². The number of methoxy groups -OCH3 is 1. The number of rotatable bonds is 5. The molecular weight excluding hydrogens is 382 g/mol. The largest absolute Gasteiger partial charge is 0.497 e. The summed E-state index contributed by atoms with van der Waals surface area (Å²) >= 11 is 0. The molecule has 1 saturated carbocycles. The van der Waals surface area contributed by atoms with Crippen molar-refractivity contribution in [2.75, 3.05) is 18.6 Å². The lowest BCUT2D eigenvalue weighted by Crippen LogP contribution is -2.46. The standard InChI is InChI=1S/C22H29N5O3/c1-14-11-20(25-18-10-9-16(29-5)12-17(14)18)27(21(28)30-22(2,3)4)19-8-6-7-15(19)13-24-26-23/h9-12,15,19H,6-8,13H2,1-5H3/t15-,19+/m1/s1. The van der Waals surface area contributed by atoms with Crippen LogP contribution < -0.4 is 9.64 Å². The van der Waals surface area contributed by atoms with Gasteiger partial charge in [0, 0.05) is 22.9 Å². The van der Waals surface area contributed by atoms with Gasteiger partial charge >= 0.3 is 6.09 Å². The van der Waals surface area contributed by atoms with Crippen LogP contribution in [-0.4, -0.2) is 36.4 Å². The Kier molecular flexibility index (Phi) is 6.37. The molecule has 3 rings (SSSR count). The molecule has 0 aliphatic heterocycles. The number of carbonyl (C=O) groups excluding carboxylic acids is 1. The third-order valence-corrected chi connectivity index (χ3v) is 5.38. The lowest BCUT2D eigenvalue weighted by atomic mass is 10.0. The van der Waals surface area contributed by atoms with E-state index in [1.165, 1.54) is 0 Å². The molecule has 1 aromatic heterocycles. The molecule has 0 bridgehead atoms. The molecular formula is C22H29N5O3. The molecule has 1 aliphatic rings. The van der Waals surface area contributed by atoms with Gasteiger partial charge in [0.05, 0.1) is 12.6 Å². The van der Waals surface area contributed by atoms with Crippen molar-refractivity contribution in [3.63, 3.8) is 0 Å². The molecule has 0 N–H and O–H groups in total. The summed E-state index contributed by atoms with van der Waals surface area (Å²) in [5.74, 6) is 1.38. The van der Waals surface area contributed by atoms with Crippen molar-refractivity contribution in [2.24, 2.45) is 11.0 Å². The number of nitrogens with zero attached hydrogens (tertiary/aromatic N) is 5. The molecule has 2 atom stereocenters. The van der Waals surface area contributed by atoms with E-state index < -0.39 is 11.7 Å². The number of hydrogen-bond donors (Lipinski definition) is 0. The first kappa shape index (κ1) is 21.7. The first-order valence-corrected chi connectivity index (χ1v) is 10.2. The Balaban J connectivity index is 2.07. The first-order chi connectivity index (χ1) is 14.2. The fourth-order valence-corrected chi connectivity index (χ4v) is 4.03. The Labute approximate surface area is 176 Å². The quantitative estimate of drug-likeness (QED) is 0.354. The maximum absolute atomic E-state index is 13.3. The summed E-state index contributed by atoms with van der Waals surface area (Å²) in [5, 5.41) is 4.74. The number of anilines is 1. The summed E-state index contributed by atoms with van der Waals surface area (Å²) in [4.78, 5) is 22.6. The van der Waals surface area contributed by atoms with Gasteiger partial charge in [-0.15, -0.1) is 0 Å². The molecule has 0 radical (unpaired) electrons. The Bertz CT molecular complexity index is 979. The zero-order valence-corrected chi connectivity index (χ0v) is 18.3. The SMILES string of the molecule is COc1ccc2nc(N(C(=O)OC(C)(C)C)[C@H]3CCC[C@@H]3CN=[N+]=[N-])cc(C)c2c1. The Morgan fingerprint density at radius 2 is 2.10 bits per heavy atom. The van der Waals surface area contributed by atoms with Crippen LogP contribution >= 0.6 is 0 Å². The number of azide groups is 1. The van der Waals surface area contributed by atoms with E-state index in [9.17, 15) is 4.79 Å². The van der Waals surface area contributed by atoms with Crippen molar-refractivity contribution in [2.45, 2.75) is 58.6 Å². The summed E-state index contributed by atoms with van der Waals surface area (Å²) in [6, 6.07) is 7.47. The summed E-state index contributed by atoms with van der Waals surface area (Å²) in [7, 11) is 1.63. The van der Waals surface area contributed by atoms with E-state index in [1.807, 2.05) is 52.0 Å². The number of ether oxygens (including phenoxy) is 2. The van der Waals surface area contributed by atoms with E-state index in [0.29, 0.717) is 12.4 Å². The normalized spacial score (nSPS) is 18.7. The van der Waals surface area contributed by atoms with E-state index in [1.54, 1.807) is 12.0 Å². The summed E-state index contributed by atoms with van der Waals surface area (Å²) in [6.07, 6.45) is 2.23. The van der Waals surface area contributed by atoms with Crippen LogP contribution in [-0.2, 0) is 4.74 Å². The number of aryl methyl sites for hydroxylation is 1. The molecule has 0 saturated heterocycles. The van der Waals surface area contributed by atoms with Crippen molar-refractivity contribution in [1.82, 2.24) is 4.98 Å². The van der Waals surface area contributed by atoms with Gasteiger partial charge in [-0.2, -0.15) is 0 Å². The van der Waals surface area contributed by atoms with Gasteiger partial charge in [0.1, 0.15) is 17.2 Å². The molecule has 30 heavy (non-hydrogen) atoms. The molecule has 1 amide bonds. The Morgan fingerprint density at radius 1 is 1.33 bits per heavy atom. The van der Waals surface area contributed by atoms with Crippen LogP contribution in [0.1, 0.15) is 45.6 Å². The van der Waals surface area contributed by atoms with Crippen molar-refractivity contribution >= 4 is 22.8 Å². The van der Waals surface area contributed by atoms with Crippen LogP contribution in [0.2, 0.25) is 0 Å². The van der Waals surface area contributed by atoms with Crippen LogP contribution in [0.5, 0.6) is 5.75 Å². The van der Waals surface area contributed by atoms with Gasteiger partial charge in [-0.3, -0.25) is 4.90 Å². The van der Waals surface area contributed by atoms with E-state index in [2.05, 4.69) is 10.0 Å². The van der Waals surface area contributed by atoms with Gasteiger partial charge < -0.3 is 9.47 Å². The van der Waals surface area contributed by atoms with Crippen LogP contribution in [0, 0.1) is 12.8 Å². The first-order valence-electron chi connectivity index (χ1n) is 10.2. The van der Waals surface area contributed by atoms with Crippen LogP contribution in [0.3, 0.4) is 0 Å². The minimum Gasteiger partial charge on any atom is -0.497 e. The number of aromatic nitrogens is 1. The van der Waals surface area contributed by atoms with Crippen molar-refractivity contribution in [3.05, 3.63) is 40.3 Å². The van der Waals surface area contributed by atoms with Gasteiger partial charge in [0.25, 0.3) is 0 Å². The molecule has 1 heterocycles. The molecule has 160 valence electrons. The van der Waals surface area contributed by atoms with Gasteiger partial charge in [-0.1, -0.05) is 11.5 Å². The molecule has 0 unspecified atom stereocenters. The molecule has 1 fully saturated rings. The lowest BCUT2D eigenvalue weighted by Gasteiger charge is -2.34. The highest BCUT2D eigenvalue weighted by Gasteiger charge is 2.38. The second kappa shape index (κ2) is 8.79. The van der Waals surface area contributed by atoms with Crippen molar-refractivity contribution in [3.8, 4) is 5.75 Å². The van der Waals surface area contributed by atoms with Gasteiger partial charge in [0.2, 0.25) is 0 Å². The second-order valence-electron chi connectivity index (χ2n) is 8.70. The van der Waals surface area contributed by atoms with E-state index in [-0.39, 0.29) is 12.0 Å². The maximum atomic E-state index is 13.3. The average molecular weight is 412 g/mol. The molecule has 8 nitrogen and oxygen atoms in total. The van der Waals surface area contributed by atoms with Crippen LogP contribution in [0.4, 0.5) is 10.6 Å². The van der Waals surface area contributed by atoms with Crippen LogP contribution in [0.15, 0.2) is 29.4 Å². The molecule has 2 aromatic rings. The number of benzene rings is 1. The number of amides is 1. The maximum Gasteiger partial charge on any atom is 0.416 e. The lowest BCUT2D eigenvalue weighted by molar-refractivity contribution is 0.0557. The third-order valence-electron chi connectivity index (χ3n) is 5.38. The van der Waals surface area contributed by atoms with Gasteiger partial charge in [0.15, 0.2) is 0 Å². The van der Waals surface area contributed by atoms with Gasteiger partial charge in [-0.05, 0) is 81.8 Å². The Hall–Kier alpha value is -2.99. The highest BCUT2D eigenvalue weighted by Crippen LogP contribution is 2.35. The highest BCUT2D eigenvalue weighted by atomic mass is 16.6. The molecule has 1 aliphatic carbocycles. The predicted molar refractivity (Wildman–Crippen MR) is 117 cm³/mol. The minimum absolute atomic E-state index is 0.0714. The smallest absolute Gasteiger partial charge is 0.416 e. The number of pyridine rings is 1. The predicted octanol–water partition coefficient (Wildman–Crippen LogP) is 5.77. The summed E-state index contributed by atoms with van der Waals surface area (Å²) < 4.78 is 11.1. The zero-order chi connectivity index (χ0) is 21.9. The third kappa shape index (κ3) is 4.76. The topological polar surface area (TPSA) is 100 Å². The zero-order valence-electron chi connectivity index (χ0n) is 18.3. The number of hydrogen-bond acceptors (Lipinski definition) is 5. The number of carbonyl (C=O) groups is 1. The number of fused-ring (bicyclic) bond motifs is 1. The van der Waals surface area contributed by atoms with E-state index in [0.717, 1.165) is 41.5 Å². The average Bonchev–Trinajstić information content (AvgIpc) is 3.13. The fourth-order valence-electron chi connectivity index (χ4n) is 4.03. The highest BCUT2D eigenvalue weighted by molar-refractivity contribution is 5.91. The minimum atomic E-state index is -0.631. The molecule has 0 spiro atoms. The summed E-state index contributed by atoms with van der Waals surface area (Å²) in [6.45, 7) is 7.89. The molecule has 8 heteroatoms. The molecule has 1 aromatic carbocycles. The van der Waals surface area contributed by atoms with E-state index in [4.69, 9.17) is 20.0 Å². The fraction of sp³-hybridized carbons (Fsp3) is 0.545. The van der Waals surface area contributed by atoms with E-state index >= 15 is 0 Å². The Morgan fingerprint density at radius 3 is 2.77 bits per heavy atom. The second-order valence-corrected chi connectivity index (χ2v) is 8.70. The van der Waals surface area contributed by atoms with Gasteiger partial charge in [-0.25, -0.2) is 9.78 Å². The monoisotopic (exact) mass is 411 g/mol.